The average Bonchev–Trinajstić information content (AvgIpc) is 2.98. The second kappa shape index (κ2) is 8.45. The summed E-state index contributed by atoms with van der Waals surface area (Å²) in [5.74, 6) is -1.29. The molecule has 29 heavy (non-hydrogen) atoms. The van der Waals surface area contributed by atoms with Gasteiger partial charge in [0.05, 0.1) is 0 Å². The number of Topliss-reactive ketones (excluding diaryl/α,β-unsaturated/α-hetero) is 2. The zero-order valence-corrected chi connectivity index (χ0v) is 17.9. The van der Waals surface area contributed by atoms with Crippen LogP contribution >= 0.6 is 15.9 Å². The summed E-state index contributed by atoms with van der Waals surface area (Å²) in [5.41, 5.74) is -0.321. The number of rotatable bonds is 6. The Labute approximate surface area is 177 Å². The molecule has 1 aliphatic heterocycles. The molecule has 2 aromatic rings. The maximum atomic E-state index is 13.4. The van der Waals surface area contributed by atoms with Gasteiger partial charge in [-0.05, 0) is 25.0 Å². The monoisotopic (exact) mass is 462 g/mol. The van der Waals surface area contributed by atoms with Gasteiger partial charge in [-0.1, -0.05) is 64.5 Å². The molecular weight excluding hydrogens is 440 g/mol. The number of aliphatic hydroxyl groups excluding tert-OH is 1. The van der Waals surface area contributed by atoms with Gasteiger partial charge >= 0.3 is 0 Å². The van der Waals surface area contributed by atoms with Gasteiger partial charge in [-0.25, -0.2) is 0 Å². The third-order valence-electron chi connectivity index (χ3n) is 5.33. The first-order chi connectivity index (χ1) is 13.7. The molecule has 0 amide bonds. The highest BCUT2D eigenvalue weighted by Gasteiger charge is 2.63. The lowest BCUT2D eigenvalue weighted by atomic mass is 9.81. The molecule has 154 valence electrons. The minimum absolute atomic E-state index is 0.278. The predicted molar refractivity (Wildman–Crippen MR) is 110 cm³/mol. The minimum Gasteiger partial charge on any atom is -0.382 e. The zero-order chi connectivity index (χ0) is 21.3. The Morgan fingerprint density at radius 3 is 2.10 bits per heavy atom. The molecule has 1 fully saturated rings. The summed E-state index contributed by atoms with van der Waals surface area (Å²) in [5, 5.41) is 22.4. The molecule has 1 saturated heterocycles. The van der Waals surface area contributed by atoms with Gasteiger partial charge in [-0.2, -0.15) is 0 Å². The molecule has 1 unspecified atom stereocenters. The van der Waals surface area contributed by atoms with Crippen molar-refractivity contribution in [3.8, 4) is 0 Å². The van der Waals surface area contributed by atoms with Crippen LogP contribution in [0.4, 0.5) is 0 Å². The fourth-order valence-electron chi connectivity index (χ4n) is 3.62. The van der Waals surface area contributed by atoms with Crippen LogP contribution in [-0.2, 0) is 9.47 Å². The normalized spacial score (nSPS) is 27.6. The van der Waals surface area contributed by atoms with Crippen molar-refractivity contribution >= 4 is 27.5 Å². The van der Waals surface area contributed by atoms with Gasteiger partial charge in [-0.3, -0.25) is 9.59 Å². The van der Waals surface area contributed by atoms with Gasteiger partial charge in [0.15, 0.2) is 23.5 Å². The molecule has 0 aliphatic carbocycles. The van der Waals surface area contributed by atoms with E-state index < -0.39 is 40.5 Å². The number of ether oxygens (including phenoxy) is 2. The Morgan fingerprint density at radius 2 is 1.59 bits per heavy atom. The lowest BCUT2D eigenvalue weighted by Gasteiger charge is -2.32. The standard InChI is InChI=1S/C22H23BrO6/c1-12-8-4-6-10-14(12)16(24)17(25)20-22(27,18(23)21(28-3)29-20)19(26)15-11-7-5-9-13(15)2/h4-11,17-18,20-21,25,27H,1-3H3/t17?,18-,20-,21+,22-/m0/s1. The molecule has 0 radical (unpaired) electrons. The van der Waals surface area contributed by atoms with Crippen molar-refractivity contribution in [2.45, 2.75) is 42.8 Å². The molecule has 7 heteroatoms. The topological polar surface area (TPSA) is 93.1 Å². The second-order valence-corrected chi connectivity index (χ2v) is 8.14. The van der Waals surface area contributed by atoms with Crippen LogP contribution in [0.2, 0.25) is 0 Å². The number of aryl methyl sites for hydroxylation is 2. The number of carbonyl (C=O) groups is 2. The molecule has 0 spiro atoms. The van der Waals surface area contributed by atoms with Crippen LogP contribution < -0.4 is 0 Å². The molecule has 5 atom stereocenters. The van der Waals surface area contributed by atoms with E-state index >= 15 is 0 Å². The number of carbonyl (C=O) groups excluding carboxylic acids is 2. The van der Waals surface area contributed by atoms with E-state index in [0.717, 1.165) is 0 Å². The van der Waals surface area contributed by atoms with E-state index in [1.165, 1.54) is 7.11 Å². The SMILES string of the molecule is CO[C@@H]1O[C@@H](C(O)C(=O)c2ccccc2C)[C@@](O)(C(=O)c2ccccc2C)[C@H]1Br. The number of halogens is 1. The number of aliphatic hydroxyl groups is 2. The molecule has 0 bridgehead atoms. The lowest BCUT2D eigenvalue weighted by molar-refractivity contribution is -0.142. The van der Waals surface area contributed by atoms with Crippen LogP contribution in [0.15, 0.2) is 48.5 Å². The summed E-state index contributed by atoms with van der Waals surface area (Å²) in [7, 11) is 1.36. The van der Waals surface area contributed by atoms with Gasteiger partial charge in [0, 0.05) is 18.2 Å². The largest absolute Gasteiger partial charge is 0.382 e. The zero-order valence-electron chi connectivity index (χ0n) is 16.3. The predicted octanol–water partition coefficient (Wildman–Crippen LogP) is 2.60. The molecule has 0 aromatic heterocycles. The quantitative estimate of drug-likeness (QED) is 0.506. The first-order valence-electron chi connectivity index (χ1n) is 9.16. The smallest absolute Gasteiger partial charge is 0.198 e. The molecule has 6 nitrogen and oxygen atoms in total. The van der Waals surface area contributed by atoms with Crippen molar-refractivity contribution < 1.29 is 29.3 Å². The van der Waals surface area contributed by atoms with Crippen LogP contribution in [0, 0.1) is 13.8 Å². The van der Waals surface area contributed by atoms with Gasteiger partial charge in [0.25, 0.3) is 0 Å². The van der Waals surface area contributed by atoms with Crippen LogP contribution in [0.1, 0.15) is 31.8 Å². The Morgan fingerprint density at radius 1 is 1.07 bits per heavy atom. The molecule has 0 saturated carbocycles. The lowest BCUT2D eigenvalue weighted by Crippen LogP contribution is -2.58. The molecule has 1 heterocycles. The Balaban J connectivity index is 2.03. The number of alkyl halides is 1. The summed E-state index contributed by atoms with van der Waals surface area (Å²) in [6, 6.07) is 13.6. The van der Waals surface area contributed by atoms with E-state index in [1.807, 2.05) is 0 Å². The maximum Gasteiger partial charge on any atom is 0.198 e. The number of benzene rings is 2. The third-order valence-corrected chi connectivity index (χ3v) is 6.46. The van der Waals surface area contributed by atoms with E-state index in [1.54, 1.807) is 62.4 Å². The Bertz CT molecular complexity index is 929. The maximum absolute atomic E-state index is 13.4. The fraction of sp³-hybridized carbons (Fsp3) is 0.364. The van der Waals surface area contributed by atoms with E-state index in [0.29, 0.717) is 16.7 Å². The summed E-state index contributed by atoms with van der Waals surface area (Å²) >= 11 is 3.30. The fourth-order valence-corrected chi connectivity index (χ4v) is 4.42. The van der Waals surface area contributed by atoms with E-state index in [4.69, 9.17) is 9.47 Å². The third kappa shape index (κ3) is 3.69. The molecule has 3 rings (SSSR count). The Hall–Kier alpha value is -1.90. The van der Waals surface area contributed by atoms with Gasteiger partial charge in [0.2, 0.25) is 0 Å². The van der Waals surface area contributed by atoms with Gasteiger partial charge in [0.1, 0.15) is 17.0 Å². The van der Waals surface area contributed by atoms with Crippen molar-refractivity contribution in [2.24, 2.45) is 0 Å². The van der Waals surface area contributed by atoms with Crippen LogP contribution in [-0.4, -0.2) is 57.8 Å². The second-order valence-electron chi connectivity index (χ2n) is 7.16. The highest BCUT2D eigenvalue weighted by Crippen LogP contribution is 2.41. The molecular formula is C22H23BrO6. The van der Waals surface area contributed by atoms with Crippen molar-refractivity contribution in [1.82, 2.24) is 0 Å². The number of hydrogen-bond acceptors (Lipinski definition) is 6. The van der Waals surface area contributed by atoms with E-state index in [-0.39, 0.29) is 5.56 Å². The van der Waals surface area contributed by atoms with Crippen LogP contribution in [0.5, 0.6) is 0 Å². The van der Waals surface area contributed by atoms with Crippen molar-refractivity contribution in [3.05, 3.63) is 70.8 Å². The summed E-state index contributed by atoms with van der Waals surface area (Å²) in [4.78, 5) is 25.3. The number of hydrogen-bond donors (Lipinski definition) is 2. The highest BCUT2D eigenvalue weighted by molar-refractivity contribution is 9.09. The van der Waals surface area contributed by atoms with E-state index in [9.17, 15) is 19.8 Å². The number of methoxy groups -OCH3 is 1. The summed E-state index contributed by atoms with van der Waals surface area (Å²) in [6.07, 6.45) is -4.32. The van der Waals surface area contributed by atoms with Crippen molar-refractivity contribution in [3.63, 3.8) is 0 Å². The molecule has 2 aromatic carbocycles. The van der Waals surface area contributed by atoms with Gasteiger partial charge < -0.3 is 19.7 Å². The van der Waals surface area contributed by atoms with Gasteiger partial charge in [-0.15, -0.1) is 0 Å². The van der Waals surface area contributed by atoms with E-state index in [2.05, 4.69) is 15.9 Å². The van der Waals surface area contributed by atoms with Crippen molar-refractivity contribution in [1.29, 1.82) is 0 Å². The average molecular weight is 463 g/mol. The first kappa shape index (κ1) is 21.8. The molecule has 1 aliphatic rings. The first-order valence-corrected chi connectivity index (χ1v) is 10.1. The highest BCUT2D eigenvalue weighted by atomic mass is 79.9. The van der Waals surface area contributed by atoms with Crippen molar-refractivity contribution in [2.75, 3.05) is 7.11 Å². The van der Waals surface area contributed by atoms with Crippen LogP contribution in [0.3, 0.4) is 0 Å². The van der Waals surface area contributed by atoms with Crippen LogP contribution in [0.25, 0.3) is 0 Å². The Kier molecular flexibility index (Phi) is 6.36. The minimum atomic E-state index is -2.22. The summed E-state index contributed by atoms with van der Waals surface area (Å²) in [6.45, 7) is 3.48. The summed E-state index contributed by atoms with van der Waals surface area (Å²) < 4.78 is 10.9. The molecule has 2 N–H and O–H groups in total. The number of ketones is 2.